The molecule has 0 aliphatic heterocycles. The van der Waals surface area contributed by atoms with Gasteiger partial charge in [0.2, 0.25) is 0 Å². The molecule has 0 saturated heterocycles. The Bertz CT molecular complexity index is 696. The van der Waals surface area contributed by atoms with Crippen molar-refractivity contribution in [3.8, 4) is 0 Å². The van der Waals surface area contributed by atoms with Crippen molar-refractivity contribution in [1.29, 1.82) is 0 Å². The molecule has 20 heavy (non-hydrogen) atoms. The summed E-state index contributed by atoms with van der Waals surface area (Å²) in [6, 6.07) is 0.290. The maximum Gasteiger partial charge on any atom is 0.260 e. The SMILES string of the molecule is Cc1[nH]nc(NC(=O)c2cc(F)c(F)c(F)c2F)c1C. The predicted molar refractivity (Wildman–Crippen MR) is 62.3 cm³/mol. The summed E-state index contributed by atoms with van der Waals surface area (Å²) in [5.74, 6) is -8.45. The molecule has 0 aliphatic carbocycles. The van der Waals surface area contributed by atoms with Gasteiger partial charge in [0, 0.05) is 11.3 Å². The van der Waals surface area contributed by atoms with Gasteiger partial charge in [0.15, 0.2) is 29.1 Å². The zero-order chi connectivity index (χ0) is 15.0. The number of nitrogens with zero attached hydrogens (tertiary/aromatic N) is 1. The number of benzene rings is 1. The number of carbonyl (C=O) groups is 1. The van der Waals surface area contributed by atoms with Crippen LogP contribution in [0, 0.1) is 37.1 Å². The van der Waals surface area contributed by atoms with Gasteiger partial charge in [-0.1, -0.05) is 0 Å². The van der Waals surface area contributed by atoms with E-state index >= 15 is 0 Å². The van der Waals surface area contributed by atoms with Crippen molar-refractivity contribution in [3.63, 3.8) is 0 Å². The number of nitrogens with one attached hydrogen (secondary N) is 2. The van der Waals surface area contributed by atoms with Crippen LogP contribution in [0.4, 0.5) is 23.4 Å². The maximum atomic E-state index is 13.4. The zero-order valence-corrected chi connectivity index (χ0v) is 10.4. The van der Waals surface area contributed by atoms with Crippen LogP contribution < -0.4 is 5.32 Å². The van der Waals surface area contributed by atoms with E-state index in [0.717, 1.165) is 0 Å². The Balaban J connectivity index is 2.37. The van der Waals surface area contributed by atoms with Crippen LogP contribution in [0.5, 0.6) is 0 Å². The minimum Gasteiger partial charge on any atom is -0.305 e. The van der Waals surface area contributed by atoms with Crippen LogP contribution in [0.2, 0.25) is 0 Å². The van der Waals surface area contributed by atoms with Crippen LogP contribution in [0.3, 0.4) is 0 Å². The molecule has 2 N–H and O–H groups in total. The molecular weight excluding hydrogens is 278 g/mol. The van der Waals surface area contributed by atoms with Crippen LogP contribution in [-0.4, -0.2) is 16.1 Å². The maximum absolute atomic E-state index is 13.4. The highest BCUT2D eigenvalue weighted by atomic mass is 19.2. The van der Waals surface area contributed by atoms with Gasteiger partial charge in [-0.05, 0) is 19.9 Å². The first kappa shape index (κ1) is 14.0. The van der Waals surface area contributed by atoms with E-state index in [1.807, 2.05) is 0 Å². The molecule has 4 nitrogen and oxygen atoms in total. The number of halogens is 4. The van der Waals surface area contributed by atoms with E-state index in [-0.39, 0.29) is 11.9 Å². The lowest BCUT2D eigenvalue weighted by Crippen LogP contribution is -2.17. The second kappa shape index (κ2) is 4.95. The van der Waals surface area contributed by atoms with Gasteiger partial charge in [0.05, 0.1) is 5.56 Å². The molecule has 0 atom stereocenters. The first-order valence-corrected chi connectivity index (χ1v) is 5.48. The van der Waals surface area contributed by atoms with Crippen LogP contribution in [0.15, 0.2) is 6.07 Å². The number of hydrogen-bond donors (Lipinski definition) is 2. The van der Waals surface area contributed by atoms with Crippen LogP contribution in [0.25, 0.3) is 0 Å². The van der Waals surface area contributed by atoms with E-state index in [2.05, 4.69) is 15.5 Å². The number of rotatable bonds is 2. The lowest BCUT2D eigenvalue weighted by Gasteiger charge is -2.06. The van der Waals surface area contributed by atoms with Crippen molar-refractivity contribution in [2.75, 3.05) is 5.32 Å². The summed E-state index contributed by atoms with van der Waals surface area (Å²) in [6.07, 6.45) is 0. The molecule has 0 saturated carbocycles. The summed E-state index contributed by atoms with van der Waals surface area (Å²) in [6.45, 7) is 3.33. The smallest absolute Gasteiger partial charge is 0.260 e. The van der Waals surface area contributed by atoms with E-state index in [1.54, 1.807) is 13.8 Å². The molecule has 0 spiro atoms. The summed E-state index contributed by atoms with van der Waals surface area (Å²) in [4.78, 5) is 11.8. The van der Waals surface area contributed by atoms with Gasteiger partial charge in [-0.15, -0.1) is 0 Å². The lowest BCUT2D eigenvalue weighted by molar-refractivity contribution is 0.102. The van der Waals surface area contributed by atoms with Gasteiger partial charge in [-0.25, -0.2) is 17.6 Å². The van der Waals surface area contributed by atoms with Crippen LogP contribution in [-0.2, 0) is 0 Å². The predicted octanol–water partition coefficient (Wildman–Crippen LogP) is 2.84. The molecule has 1 amide bonds. The molecule has 0 bridgehead atoms. The van der Waals surface area contributed by atoms with Gasteiger partial charge < -0.3 is 5.32 Å². The van der Waals surface area contributed by atoms with E-state index in [4.69, 9.17) is 0 Å². The van der Waals surface area contributed by atoms with E-state index in [9.17, 15) is 22.4 Å². The fourth-order valence-corrected chi connectivity index (χ4v) is 1.52. The molecule has 1 aromatic heterocycles. The summed E-state index contributed by atoms with van der Waals surface area (Å²) in [5.41, 5.74) is 0.306. The molecular formula is C12H9F4N3O. The normalized spacial score (nSPS) is 10.7. The average Bonchev–Trinajstić information content (AvgIpc) is 2.72. The topological polar surface area (TPSA) is 57.8 Å². The summed E-state index contributed by atoms with van der Waals surface area (Å²) in [5, 5.41) is 8.49. The van der Waals surface area contributed by atoms with Crippen molar-refractivity contribution >= 4 is 11.7 Å². The van der Waals surface area contributed by atoms with Gasteiger partial charge in [-0.3, -0.25) is 9.89 Å². The standard InChI is InChI=1S/C12H9F4N3O/c1-4-5(2)18-19-11(4)17-12(20)6-3-7(13)9(15)10(16)8(6)14/h3H,1-2H3,(H2,17,18,19,20). The fraction of sp³-hybridized carbons (Fsp3) is 0.167. The lowest BCUT2D eigenvalue weighted by atomic mass is 10.1. The first-order chi connectivity index (χ1) is 9.32. The number of hydrogen-bond acceptors (Lipinski definition) is 2. The van der Waals surface area contributed by atoms with Crippen molar-refractivity contribution in [1.82, 2.24) is 10.2 Å². The van der Waals surface area contributed by atoms with Crippen molar-refractivity contribution in [2.45, 2.75) is 13.8 Å². The molecule has 0 fully saturated rings. The molecule has 0 unspecified atom stereocenters. The summed E-state index contributed by atoms with van der Waals surface area (Å²) < 4.78 is 52.3. The molecule has 0 radical (unpaired) electrons. The molecule has 8 heteroatoms. The third-order valence-electron chi connectivity index (χ3n) is 2.83. The largest absolute Gasteiger partial charge is 0.305 e. The van der Waals surface area contributed by atoms with E-state index in [0.29, 0.717) is 11.3 Å². The molecule has 106 valence electrons. The minimum absolute atomic E-state index is 0.0945. The van der Waals surface area contributed by atoms with Crippen molar-refractivity contribution < 1.29 is 22.4 Å². The fourth-order valence-electron chi connectivity index (χ4n) is 1.52. The number of aromatic amines is 1. The number of aryl methyl sites for hydroxylation is 1. The van der Waals surface area contributed by atoms with Crippen LogP contribution in [0.1, 0.15) is 21.6 Å². The van der Waals surface area contributed by atoms with Gasteiger partial charge in [0.25, 0.3) is 5.91 Å². The second-order valence-corrected chi connectivity index (χ2v) is 4.12. The third-order valence-corrected chi connectivity index (χ3v) is 2.83. The Morgan fingerprint density at radius 2 is 1.80 bits per heavy atom. The highest BCUT2D eigenvalue weighted by Crippen LogP contribution is 2.21. The van der Waals surface area contributed by atoms with Crippen LogP contribution >= 0.6 is 0 Å². The molecule has 2 aromatic rings. The van der Waals surface area contributed by atoms with Gasteiger partial charge >= 0.3 is 0 Å². The Morgan fingerprint density at radius 3 is 2.35 bits per heavy atom. The van der Waals surface area contributed by atoms with Crippen molar-refractivity contribution in [3.05, 3.63) is 46.2 Å². The number of aromatic nitrogens is 2. The monoisotopic (exact) mass is 287 g/mol. The molecule has 2 rings (SSSR count). The quantitative estimate of drug-likeness (QED) is 0.507. The van der Waals surface area contributed by atoms with Gasteiger partial charge in [0.1, 0.15) is 0 Å². The summed E-state index contributed by atoms with van der Waals surface area (Å²) in [7, 11) is 0. The Hall–Kier alpha value is -2.38. The number of carbonyl (C=O) groups excluding carboxylic acids is 1. The average molecular weight is 287 g/mol. The second-order valence-electron chi connectivity index (χ2n) is 4.12. The zero-order valence-electron chi connectivity index (χ0n) is 10.4. The van der Waals surface area contributed by atoms with Crippen molar-refractivity contribution in [2.24, 2.45) is 0 Å². The molecule has 1 aromatic carbocycles. The Morgan fingerprint density at radius 1 is 1.15 bits per heavy atom. The summed E-state index contributed by atoms with van der Waals surface area (Å²) >= 11 is 0. The minimum atomic E-state index is -2.04. The number of anilines is 1. The number of H-pyrrole nitrogens is 1. The highest BCUT2D eigenvalue weighted by molar-refractivity contribution is 6.04. The number of amides is 1. The Kier molecular flexibility index (Phi) is 3.47. The van der Waals surface area contributed by atoms with Gasteiger partial charge in [-0.2, -0.15) is 5.10 Å². The van der Waals surface area contributed by atoms with E-state index in [1.165, 1.54) is 0 Å². The first-order valence-electron chi connectivity index (χ1n) is 5.48. The third kappa shape index (κ3) is 2.24. The molecule has 1 heterocycles. The highest BCUT2D eigenvalue weighted by Gasteiger charge is 2.23. The van der Waals surface area contributed by atoms with E-state index < -0.39 is 34.7 Å². The molecule has 0 aliphatic rings. The Labute approximate surface area is 110 Å².